The summed E-state index contributed by atoms with van der Waals surface area (Å²) in [4.78, 5) is 24.5. The first-order valence-electron chi connectivity index (χ1n) is 11.1. The highest BCUT2D eigenvalue weighted by molar-refractivity contribution is 7.91. The number of carbonyl (C=O) groups excluding carboxylic acids is 2. The van der Waals surface area contributed by atoms with Crippen molar-refractivity contribution in [2.24, 2.45) is 5.92 Å². The van der Waals surface area contributed by atoms with Crippen molar-refractivity contribution < 1.29 is 27.1 Å². The van der Waals surface area contributed by atoms with E-state index < -0.39 is 33.1 Å². The second-order valence-corrected chi connectivity index (χ2v) is 11.3. The largest absolute Gasteiger partial charge is 0.490 e. The maximum absolute atomic E-state index is 14.1. The van der Waals surface area contributed by atoms with E-state index in [1.165, 1.54) is 11.0 Å². The van der Waals surface area contributed by atoms with Crippen LogP contribution in [0, 0.1) is 11.7 Å². The van der Waals surface area contributed by atoms with Crippen LogP contribution in [-0.4, -0.2) is 56.0 Å². The molecule has 3 fully saturated rings. The number of imide groups is 1. The average molecular weight is 465 g/mol. The monoisotopic (exact) mass is 464 g/mol. The van der Waals surface area contributed by atoms with Gasteiger partial charge in [0.15, 0.2) is 21.4 Å². The molecule has 1 aromatic carbocycles. The number of hydrogen-bond donors (Lipinski definition) is 1. The molecule has 2 aliphatic carbocycles. The van der Waals surface area contributed by atoms with Gasteiger partial charge in [-0.2, -0.15) is 0 Å². The molecule has 0 radical (unpaired) electrons. The van der Waals surface area contributed by atoms with Crippen LogP contribution in [0.25, 0.3) is 0 Å². The molecule has 1 aromatic rings. The van der Waals surface area contributed by atoms with Gasteiger partial charge in [0.1, 0.15) is 6.04 Å². The minimum absolute atomic E-state index is 0.00182. The predicted molar refractivity (Wildman–Crippen MR) is 118 cm³/mol. The van der Waals surface area contributed by atoms with Crippen LogP contribution in [0.1, 0.15) is 44.6 Å². The number of ether oxygens (including phenoxy) is 1. The van der Waals surface area contributed by atoms with Crippen LogP contribution < -0.4 is 10.1 Å². The van der Waals surface area contributed by atoms with E-state index in [9.17, 15) is 22.4 Å². The molecule has 7 nitrogen and oxygen atoms in total. The Morgan fingerprint density at radius 1 is 1.25 bits per heavy atom. The van der Waals surface area contributed by atoms with Gasteiger partial charge in [0.05, 0.1) is 18.1 Å². The number of nitrogens with zero attached hydrogens (tertiary/aromatic N) is 1. The average Bonchev–Trinajstić information content (AvgIpc) is 3.65. The summed E-state index contributed by atoms with van der Waals surface area (Å²) in [6, 6.07) is 3.75. The van der Waals surface area contributed by atoms with E-state index >= 15 is 0 Å². The van der Waals surface area contributed by atoms with Gasteiger partial charge in [-0.3, -0.25) is 10.1 Å². The maximum atomic E-state index is 14.1. The van der Waals surface area contributed by atoms with Crippen molar-refractivity contribution in [2.45, 2.75) is 50.5 Å². The van der Waals surface area contributed by atoms with Crippen molar-refractivity contribution in [2.75, 3.05) is 24.7 Å². The van der Waals surface area contributed by atoms with Crippen LogP contribution >= 0.6 is 0 Å². The molecule has 1 aliphatic heterocycles. The summed E-state index contributed by atoms with van der Waals surface area (Å²) in [6.07, 6.45) is 7.50. The number of nitrogens with one attached hydrogen (secondary N) is 1. The highest BCUT2D eigenvalue weighted by Crippen LogP contribution is 2.50. The predicted octanol–water partition coefficient (Wildman–Crippen LogP) is 2.95. The van der Waals surface area contributed by atoms with E-state index in [-0.39, 0.29) is 29.7 Å². The fraction of sp³-hybridized carbons (Fsp3) is 0.565. The molecule has 1 atom stereocenters. The lowest BCUT2D eigenvalue weighted by Gasteiger charge is -2.18. The Morgan fingerprint density at radius 2 is 2.00 bits per heavy atom. The highest BCUT2D eigenvalue weighted by Gasteiger charge is 2.47. The molecule has 0 spiro atoms. The molecule has 3 amide bonds. The van der Waals surface area contributed by atoms with Crippen LogP contribution in [0.5, 0.6) is 5.75 Å². The van der Waals surface area contributed by atoms with Crippen LogP contribution in [0.15, 0.2) is 30.4 Å². The fourth-order valence-electron chi connectivity index (χ4n) is 3.99. The maximum Gasteiger partial charge on any atom is 0.325 e. The number of halogens is 1. The smallest absolute Gasteiger partial charge is 0.325 e. The third-order valence-electron chi connectivity index (χ3n) is 6.47. The molecule has 174 valence electrons. The molecule has 1 heterocycles. The lowest BCUT2D eigenvalue weighted by Crippen LogP contribution is -2.32. The number of allylic oxidation sites excluding steroid dienone is 1. The van der Waals surface area contributed by atoms with Crippen molar-refractivity contribution in [3.05, 3.63) is 41.7 Å². The summed E-state index contributed by atoms with van der Waals surface area (Å²) in [6.45, 7) is 2.40. The summed E-state index contributed by atoms with van der Waals surface area (Å²) in [5, 5.41) is 2.24. The SMILES string of the molecule is CC1C(=O)NC(=O)N1C/C=C/CCS(=O)(=O)CC1(c2ccc(F)c(OCC3CC3)c2)CC1. The standard InChI is InChI=1S/C23H29FN2O5S/c1-16-21(27)25-22(28)26(16)11-3-2-4-12-32(29,30)15-23(9-10-23)18-7-8-19(24)20(13-18)31-14-17-5-6-17/h2-3,7-8,13,16-17H,4-6,9-12,14-15H2,1H3,(H,25,27,28)/b3-2+. The third-order valence-corrected chi connectivity index (χ3v) is 8.32. The number of urea groups is 1. The summed E-state index contributed by atoms with van der Waals surface area (Å²) in [5.74, 6) is -0.00663. The van der Waals surface area contributed by atoms with E-state index in [0.29, 0.717) is 18.9 Å². The molecule has 2 saturated carbocycles. The van der Waals surface area contributed by atoms with Gasteiger partial charge in [-0.1, -0.05) is 18.2 Å². The van der Waals surface area contributed by atoms with Gasteiger partial charge in [-0.25, -0.2) is 17.6 Å². The van der Waals surface area contributed by atoms with Gasteiger partial charge in [0.2, 0.25) is 0 Å². The fourth-order valence-corrected chi connectivity index (χ4v) is 5.93. The number of amides is 3. The molecule has 3 aliphatic rings. The number of rotatable bonds is 11. The van der Waals surface area contributed by atoms with Crippen LogP contribution in [0.3, 0.4) is 0 Å². The molecule has 1 N–H and O–H groups in total. The van der Waals surface area contributed by atoms with Crippen molar-refractivity contribution >= 4 is 21.8 Å². The molecule has 4 rings (SSSR count). The zero-order chi connectivity index (χ0) is 22.9. The molecular weight excluding hydrogens is 435 g/mol. The van der Waals surface area contributed by atoms with Gasteiger partial charge in [0.25, 0.3) is 5.91 Å². The number of benzene rings is 1. The van der Waals surface area contributed by atoms with Gasteiger partial charge in [-0.05, 0) is 62.6 Å². The Morgan fingerprint density at radius 3 is 2.62 bits per heavy atom. The van der Waals surface area contributed by atoms with Gasteiger partial charge >= 0.3 is 6.03 Å². The van der Waals surface area contributed by atoms with Crippen molar-refractivity contribution in [3.63, 3.8) is 0 Å². The Kier molecular flexibility index (Phi) is 6.29. The van der Waals surface area contributed by atoms with E-state index in [2.05, 4.69) is 5.32 Å². The molecule has 9 heteroatoms. The number of carbonyl (C=O) groups is 2. The minimum Gasteiger partial charge on any atom is -0.490 e. The molecule has 0 aromatic heterocycles. The summed E-state index contributed by atoms with van der Waals surface area (Å²) >= 11 is 0. The van der Waals surface area contributed by atoms with Crippen LogP contribution in [-0.2, 0) is 20.0 Å². The summed E-state index contributed by atoms with van der Waals surface area (Å²) in [7, 11) is -3.33. The van der Waals surface area contributed by atoms with Crippen molar-refractivity contribution in [1.82, 2.24) is 10.2 Å². The van der Waals surface area contributed by atoms with E-state index in [0.717, 1.165) is 31.2 Å². The van der Waals surface area contributed by atoms with Gasteiger partial charge in [-0.15, -0.1) is 0 Å². The van der Waals surface area contributed by atoms with E-state index in [4.69, 9.17) is 4.74 Å². The zero-order valence-electron chi connectivity index (χ0n) is 18.2. The van der Waals surface area contributed by atoms with Gasteiger partial charge in [0, 0.05) is 12.0 Å². The summed E-state index contributed by atoms with van der Waals surface area (Å²) < 4.78 is 45.2. The first-order chi connectivity index (χ1) is 15.2. The lowest BCUT2D eigenvalue weighted by atomic mass is 9.98. The molecule has 1 saturated heterocycles. The first-order valence-corrected chi connectivity index (χ1v) is 12.9. The molecule has 0 bridgehead atoms. The van der Waals surface area contributed by atoms with Crippen molar-refractivity contribution in [3.8, 4) is 5.75 Å². The molecule has 32 heavy (non-hydrogen) atoms. The quantitative estimate of drug-likeness (QED) is 0.402. The minimum atomic E-state index is -3.33. The Balaban J connectivity index is 1.30. The third kappa shape index (κ3) is 5.31. The van der Waals surface area contributed by atoms with E-state index in [1.54, 1.807) is 31.2 Å². The first kappa shape index (κ1) is 22.8. The summed E-state index contributed by atoms with van der Waals surface area (Å²) in [5.41, 5.74) is 0.361. The Bertz CT molecular complexity index is 1030. The van der Waals surface area contributed by atoms with E-state index in [1.807, 2.05) is 0 Å². The normalized spacial score (nSPS) is 22.4. The second-order valence-electron chi connectivity index (χ2n) is 9.15. The Labute approximate surface area is 187 Å². The number of sulfone groups is 1. The Hall–Kier alpha value is -2.42. The number of hydrogen-bond acceptors (Lipinski definition) is 5. The van der Waals surface area contributed by atoms with Crippen LogP contribution in [0.4, 0.5) is 9.18 Å². The molecule has 1 unspecified atom stereocenters. The van der Waals surface area contributed by atoms with Crippen molar-refractivity contribution in [1.29, 1.82) is 0 Å². The zero-order valence-corrected chi connectivity index (χ0v) is 19.0. The van der Waals surface area contributed by atoms with Crippen LogP contribution in [0.2, 0.25) is 0 Å². The second kappa shape index (κ2) is 8.84. The lowest BCUT2D eigenvalue weighted by molar-refractivity contribution is -0.120. The van der Waals surface area contributed by atoms with Gasteiger partial charge < -0.3 is 9.64 Å². The molecular formula is C23H29FN2O5S. The highest BCUT2D eigenvalue weighted by atomic mass is 32.2. The topological polar surface area (TPSA) is 92.8 Å².